The third-order valence-corrected chi connectivity index (χ3v) is 3.72. The van der Waals surface area contributed by atoms with Crippen LogP contribution in [0.4, 0.5) is 8.78 Å². The molecular weight excluding hydrogens is 439 g/mol. The zero-order chi connectivity index (χ0) is 17.4. The molecule has 0 saturated carbocycles. The molecular formula is C17H24F2IN5. The highest BCUT2D eigenvalue weighted by atomic mass is 127. The predicted octanol–water partition coefficient (Wildman–Crippen LogP) is 3.23. The van der Waals surface area contributed by atoms with Gasteiger partial charge in [-0.25, -0.2) is 13.8 Å². The van der Waals surface area contributed by atoms with Crippen molar-refractivity contribution >= 4 is 29.9 Å². The highest BCUT2D eigenvalue weighted by Crippen LogP contribution is 2.09. The second-order valence-corrected chi connectivity index (χ2v) is 5.46. The number of aliphatic imine (C=N–C) groups is 1. The van der Waals surface area contributed by atoms with Crippen molar-refractivity contribution in [2.24, 2.45) is 4.99 Å². The normalized spacial score (nSPS) is 11.1. The second kappa shape index (κ2) is 11.0. The van der Waals surface area contributed by atoms with E-state index in [2.05, 4.69) is 25.2 Å². The first-order chi connectivity index (χ1) is 11.6. The molecule has 0 aliphatic rings. The number of rotatable bonds is 7. The Labute approximate surface area is 164 Å². The molecule has 0 spiro atoms. The van der Waals surface area contributed by atoms with Crippen LogP contribution < -0.4 is 10.6 Å². The van der Waals surface area contributed by atoms with Crippen molar-refractivity contribution in [1.29, 1.82) is 0 Å². The maximum Gasteiger partial charge on any atom is 0.191 e. The van der Waals surface area contributed by atoms with Crippen LogP contribution in [0.1, 0.15) is 24.2 Å². The molecule has 0 radical (unpaired) electrons. The van der Waals surface area contributed by atoms with Gasteiger partial charge < -0.3 is 15.2 Å². The summed E-state index contributed by atoms with van der Waals surface area (Å²) in [6.45, 7) is 3.83. The molecule has 0 amide bonds. The lowest BCUT2D eigenvalue weighted by atomic mass is 10.2. The average molecular weight is 463 g/mol. The summed E-state index contributed by atoms with van der Waals surface area (Å²) in [6, 6.07) is 3.41. The Hall–Kier alpha value is -1.71. The Balaban J connectivity index is 0.00000312. The Morgan fingerprint density at radius 3 is 2.72 bits per heavy atom. The Kier molecular flexibility index (Phi) is 9.40. The lowest BCUT2D eigenvalue weighted by Crippen LogP contribution is -2.37. The van der Waals surface area contributed by atoms with Crippen LogP contribution in [0.2, 0.25) is 0 Å². The first-order valence-electron chi connectivity index (χ1n) is 7.96. The topological polar surface area (TPSA) is 54.2 Å². The van der Waals surface area contributed by atoms with Gasteiger partial charge in [0.25, 0.3) is 0 Å². The minimum absolute atomic E-state index is 0. The Bertz CT molecular complexity index is 687. The number of aryl methyl sites for hydroxylation is 2. The number of unbranched alkanes of at least 4 members (excludes halogenated alkanes) is 1. The van der Waals surface area contributed by atoms with Crippen molar-refractivity contribution in [2.75, 3.05) is 13.6 Å². The van der Waals surface area contributed by atoms with Crippen LogP contribution in [-0.4, -0.2) is 29.1 Å². The van der Waals surface area contributed by atoms with Crippen LogP contribution in [0.15, 0.2) is 35.6 Å². The average Bonchev–Trinajstić information content (AvgIpc) is 2.98. The van der Waals surface area contributed by atoms with Crippen LogP contribution in [0.5, 0.6) is 0 Å². The number of aromatic nitrogens is 2. The number of imidazole rings is 1. The van der Waals surface area contributed by atoms with E-state index in [0.29, 0.717) is 5.96 Å². The first kappa shape index (κ1) is 21.3. The van der Waals surface area contributed by atoms with E-state index in [1.165, 1.54) is 6.07 Å². The van der Waals surface area contributed by atoms with Gasteiger partial charge in [-0.1, -0.05) is 0 Å². The van der Waals surface area contributed by atoms with Gasteiger partial charge in [0.1, 0.15) is 17.5 Å². The summed E-state index contributed by atoms with van der Waals surface area (Å²) < 4.78 is 28.8. The minimum atomic E-state index is -0.453. The van der Waals surface area contributed by atoms with Gasteiger partial charge in [-0.05, 0) is 38.0 Å². The smallest absolute Gasteiger partial charge is 0.191 e. The monoisotopic (exact) mass is 463 g/mol. The molecule has 2 rings (SSSR count). The Morgan fingerprint density at radius 1 is 1.24 bits per heavy atom. The molecule has 2 aromatic rings. The van der Waals surface area contributed by atoms with E-state index in [0.717, 1.165) is 43.9 Å². The predicted molar refractivity (Wildman–Crippen MR) is 106 cm³/mol. The summed E-state index contributed by atoms with van der Waals surface area (Å²) in [4.78, 5) is 8.26. The maximum absolute atomic E-state index is 13.6. The quantitative estimate of drug-likeness (QED) is 0.287. The molecule has 8 heteroatoms. The molecule has 25 heavy (non-hydrogen) atoms. The molecule has 0 unspecified atom stereocenters. The molecule has 1 aromatic carbocycles. The first-order valence-corrected chi connectivity index (χ1v) is 7.96. The van der Waals surface area contributed by atoms with E-state index < -0.39 is 11.6 Å². The van der Waals surface area contributed by atoms with E-state index >= 15 is 0 Å². The summed E-state index contributed by atoms with van der Waals surface area (Å²) in [7, 11) is 1.64. The van der Waals surface area contributed by atoms with E-state index in [9.17, 15) is 8.78 Å². The summed E-state index contributed by atoms with van der Waals surface area (Å²) in [5.41, 5.74) is 0.272. The highest BCUT2D eigenvalue weighted by Gasteiger charge is 2.05. The molecule has 1 heterocycles. The van der Waals surface area contributed by atoms with Gasteiger partial charge in [-0.3, -0.25) is 4.99 Å². The lowest BCUT2D eigenvalue weighted by Gasteiger charge is -2.12. The lowest BCUT2D eigenvalue weighted by molar-refractivity contribution is 0.577. The van der Waals surface area contributed by atoms with E-state index in [4.69, 9.17) is 0 Å². The zero-order valence-corrected chi connectivity index (χ0v) is 16.8. The van der Waals surface area contributed by atoms with Gasteiger partial charge >= 0.3 is 0 Å². The van der Waals surface area contributed by atoms with Crippen LogP contribution in [-0.2, 0) is 13.1 Å². The molecule has 5 nitrogen and oxygen atoms in total. The molecule has 0 saturated heterocycles. The van der Waals surface area contributed by atoms with Crippen LogP contribution in [0.3, 0.4) is 0 Å². The molecule has 0 aliphatic heterocycles. The molecule has 0 aliphatic carbocycles. The van der Waals surface area contributed by atoms with Gasteiger partial charge in [0.05, 0.1) is 0 Å². The molecule has 0 atom stereocenters. The largest absolute Gasteiger partial charge is 0.356 e. The van der Waals surface area contributed by atoms with E-state index in [1.807, 2.05) is 13.1 Å². The number of benzene rings is 1. The number of guanidine groups is 1. The summed E-state index contributed by atoms with van der Waals surface area (Å²) in [5, 5.41) is 6.15. The Morgan fingerprint density at radius 2 is 2.04 bits per heavy atom. The fraction of sp³-hybridized carbons (Fsp3) is 0.412. The third kappa shape index (κ3) is 6.97. The van der Waals surface area contributed by atoms with Gasteiger partial charge in [0.2, 0.25) is 0 Å². The number of nitrogens with zero attached hydrogens (tertiary/aromatic N) is 3. The van der Waals surface area contributed by atoms with E-state index in [-0.39, 0.29) is 36.1 Å². The van der Waals surface area contributed by atoms with Crippen molar-refractivity contribution < 1.29 is 8.78 Å². The zero-order valence-electron chi connectivity index (χ0n) is 14.4. The summed E-state index contributed by atoms with van der Waals surface area (Å²) in [5.74, 6) is 0.691. The van der Waals surface area contributed by atoms with Crippen LogP contribution in [0, 0.1) is 18.6 Å². The maximum atomic E-state index is 13.6. The van der Waals surface area contributed by atoms with Crippen molar-refractivity contribution in [1.82, 2.24) is 20.2 Å². The molecule has 1 aromatic heterocycles. The van der Waals surface area contributed by atoms with Crippen molar-refractivity contribution in [3.8, 4) is 0 Å². The highest BCUT2D eigenvalue weighted by molar-refractivity contribution is 14.0. The fourth-order valence-electron chi connectivity index (χ4n) is 2.33. The van der Waals surface area contributed by atoms with Crippen molar-refractivity contribution in [3.05, 3.63) is 53.6 Å². The second-order valence-electron chi connectivity index (χ2n) is 5.46. The van der Waals surface area contributed by atoms with Crippen LogP contribution in [0.25, 0.3) is 0 Å². The van der Waals surface area contributed by atoms with Crippen molar-refractivity contribution in [2.45, 2.75) is 32.9 Å². The number of halogens is 3. The van der Waals surface area contributed by atoms with Gasteiger partial charge in [0.15, 0.2) is 5.96 Å². The number of hydrogen-bond donors (Lipinski definition) is 2. The number of nitrogens with one attached hydrogen (secondary N) is 2. The van der Waals surface area contributed by atoms with Gasteiger partial charge in [0, 0.05) is 44.6 Å². The van der Waals surface area contributed by atoms with Gasteiger partial charge in [-0.2, -0.15) is 0 Å². The summed E-state index contributed by atoms with van der Waals surface area (Å²) in [6.07, 6.45) is 5.74. The fourth-order valence-corrected chi connectivity index (χ4v) is 2.33. The molecule has 138 valence electrons. The van der Waals surface area contributed by atoms with Crippen LogP contribution >= 0.6 is 24.0 Å². The summed E-state index contributed by atoms with van der Waals surface area (Å²) >= 11 is 0. The molecule has 0 fully saturated rings. The van der Waals surface area contributed by atoms with Crippen molar-refractivity contribution in [3.63, 3.8) is 0 Å². The molecule has 0 bridgehead atoms. The SMILES string of the molecule is CN=C(NCCCCn1ccnc1C)NCc1cc(F)ccc1F.I. The minimum Gasteiger partial charge on any atom is -0.356 e. The van der Waals surface area contributed by atoms with E-state index in [1.54, 1.807) is 13.2 Å². The third-order valence-electron chi connectivity index (χ3n) is 3.72. The molecule has 2 N–H and O–H groups in total. The standard InChI is InChI=1S/C17H23F2N5.HI/c1-13-21-8-10-24(13)9-4-3-7-22-17(20-2)23-12-14-11-15(18)5-6-16(14)19;/h5-6,8,10-11H,3-4,7,9,12H2,1-2H3,(H2,20,22,23);1H. The number of hydrogen-bond acceptors (Lipinski definition) is 2. The van der Waals surface area contributed by atoms with Gasteiger partial charge in [-0.15, -0.1) is 24.0 Å².